The summed E-state index contributed by atoms with van der Waals surface area (Å²) in [4.78, 5) is 4.21. The monoisotopic (exact) mass is 219 g/mol. The quantitative estimate of drug-likeness (QED) is 0.756. The summed E-state index contributed by atoms with van der Waals surface area (Å²) in [6.45, 7) is 0.116. The first-order valence-electron chi connectivity index (χ1n) is 5.09. The average molecular weight is 219 g/mol. The van der Waals surface area contributed by atoms with Gasteiger partial charge in [-0.05, 0) is 18.6 Å². The molecule has 0 saturated carbocycles. The average Bonchev–Trinajstić information content (AvgIpc) is 2.75. The van der Waals surface area contributed by atoms with E-state index in [1.54, 1.807) is 6.07 Å². The molecule has 2 rings (SSSR count). The van der Waals surface area contributed by atoms with Crippen LogP contribution in [0.3, 0.4) is 0 Å². The van der Waals surface area contributed by atoms with E-state index in [4.69, 9.17) is 15.4 Å². The summed E-state index contributed by atoms with van der Waals surface area (Å²) in [5.74, 6) is 1.01. The van der Waals surface area contributed by atoms with E-state index in [1.165, 1.54) is 0 Å². The van der Waals surface area contributed by atoms with Gasteiger partial charge in [0.2, 0.25) is 11.7 Å². The van der Waals surface area contributed by atoms with Crippen molar-refractivity contribution >= 4 is 5.69 Å². The molecule has 1 aromatic carbocycles. The van der Waals surface area contributed by atoms with Crippen LogP contribution in [0.2, 0.25) is 0 Å². The topological polar surface area (TPSA) is 85.2 Å². The Balaban J connectivity index is 2.22. The number of aryl methyl sites for hydroxylation is 1. The summed E-state index contributed by atoms with van der Waals surface area (Å²) >= 11 is 0. The fourth-order valence-electron chi connectivity index (χ4n) is 1.40. The molecule has 0 radical (unpaired) electrons. The van der Waals surface area contributed by atoms with Crippen LogP contribution >= 0.6 is 0 Å². The van der Waals surface area contributed by atoms with Gasteiger partial charge in [-0.1, -0.05) is 17.3 Å². The van der Waals surface area contributed by atoms with Gasteiger partial charge in [0.25, 0.3) is 0 Å². The summed E-state index contributed by atoms with van der Waals surface area (Å²) in [5.41, 5.74) is 7.19. The second-order valence-corrected chi connectivity index (χ2v) is 3.43. The number of anilines is 1. The minimum Gasteiger partial charge on any atom is -0.398 e. The SMILES string of the molecule is Nc1ccccc1-c1noc(CCCO)n1. The van der Waals surface area contributed by atoms with Crippen LogP contribution < -0.4 is 5.73 Å². The van der Waals surface area contributed by atoms with Gasteiger partial charge in [0.1, 0.15) is 0 Å². The Hall–Kier alpha value is -1.88. The molecule has 0 unspecified atom stereocenters. The van der Waals surface area contributed by atoms with Crippen molar-refractivity contribution in [2.75, 3.05) is 12.3 Å². The van der Waals surface area contributed by atoms with Gasteiger partial charge >= 0.3 is 0 Å². The van der Waals surface area contributed by atoms with Gasteiger partial charge in [-0.25, -0.2) is 0 Å². The Kier molecular flexibility index (Phi) is 3.16. The van der Waals surface area contributed by atoms with Crippen LogP contribution in [0.4, 0.5) is 5.69 Å². The highest BCUT2D eigenvalue weighted by Gasteiger charge is 2.10. The first-order chi connectivity index (χ1) is 7.81. The number of rotatable bonds is 4. The molecule has 0 saturated heterocycles. The van der Waals surface area contributed by atoms with Crippen molar-refractivity contribution in [3.8, 4) is 11.4 Å². The number of nitrogen functional groups attached to an aromatic ring is 1. The molecule has 0 aliphatic rings. The van der Waals surface area contributed by atoms with Gasteiger partial charge in [-0.3, -0.25) is 0 Å². The third-order valence-corrected chi connectivity index (χ3v) is 2.22. The fourth-order valence-corrected chi connectivity index (χ4v) is 1.40. The van der Waals surface area contributed by atoms with Crippen molar-refractivity contribution in [2.24, 2.45) is 0 Å². The fraction of sp³-hybridized carbons (Fsp3) is 0.273. The summed E-state index contributed by atoms with van der Waals surface area (Å²) in [6.07, 6.45) is 1.20. The first kappa shape index (κ1) is 10.6. The molecule has 1 aromatic heterocycles. The van der Waals surface area contributed by atoms with Crippen LogP contribution in [0.25, 0.3) is 11.4 Å². The number of nitrogens with two attached hydrogens (primary N) is 1. The van der Waals surface area contributed by atoms with E-state index >= 15 is 0 Å². The van der Waals surface area contributed by atoms with E-state index < -0.39 is 0 Å². The van der Waals surface area contributed by atoms with Crippen LogP contribution in [0.15, 0.2) is 28.8 Å². The molecule has 1 heterocycles. The largest absolute Gasteiger partial charge is 0.398 e. The van der Waals surface area contributed by atoms with Crippen molar-refractivity contribution in [1.29, 1.82) is 0 Å². The van der Waals surface area contributed by atoms with Crippen molar-refractivity contribution in [2.45, 2.75) is 12.8 Å². The number of benzene rings is 1. The van der Waals surface area contributed by atoms with Gasteiger partial charge in [0.05, 0.1) is 0 Å². The highest BCUT2D eigenvalue weighted by Crippen LogP contribution is 2.22. The number of nitrogens with zero attached hydrogens (tertiary/aromatic N) is 2. The lowest BCUT2D eigenvalue weighted by molar-refractivity contribution is 0.278. The van der Waals surface area contributed by atoms with Crippen LogP contribution in [0.5, 0.6) is 0 Å². The lowest BCUT2D eigenvalue weighted by Crippen LogP contribution is -1.92. The molecule has 0 bridgehead atoms. The van der Waals surface area contributed by atoms with Crippen LogP contribution in [-0.4, -0.2) is 21.9 Å². The molecule has 0 aliphatic carbocycles. The number of hydrogen-bond acceptors (Lipinski definition) is 5. The highest BCUT2D eigenvalue weighted by molar-refractivity contribution is 5.70. The molecule has 5 nitrogen and oxygen atoms in total. The molecular formula is C11H13N3O2. The third-order valence-electron chi connectivity index (χ3n) is 2.22. The standard InChI is InChI=1S/C11H13N3O2/c12-9-5-2-1-4-8(9)11-13-10(16-14-11)6-3-7-15/h1-2,4-5,15H,3,6-7,12H2. The lowest BCUT2D eigenvalue weighted by Gasteiger charge is -1.97. The lowest BCUT2D eigenvalue weighted by atomic mass is 10.2. The molecule has 0 aliphatic heterocycles. The van der Waals surface area contributed by atoms with Crippen LogP contribution in [-0.2, 0) is 6.42 Å². The molecule has 0 atom stereocenters. The van der Waals surface area contributed by atoms with Crippen molar-refractivity contribution in [3.05, 3.63) is 30.2 Å². The molecular weight excluding hydrogens is 206 g/mol. The Labute approximate surface area is 92.9 Å². The Morgan fingerprint density at radius 1 is 1.31 bits per heavy atom. The van der Waals surface area contributed by atoms with Gasteiger partial charge in [-0.2, -0.15) is 4.98 Å². The molecule has 0 spiro atoms. The molecule has 16 heavy (non-hydrogen) atoms. The number of aromatic nitrogens is 2. The summed E-state index contributed by atoms with van der Waals surface area (Å²) in [6, 6.07) is 7.36. The van der Waals surface area contributed by atoms with Crippen molar-refractivity contribution in [1.82, 2.24) is 10.1 Å². The summed E-state index contributed by atoms with van der Waals surface area (Å²) in [5, 5.41) is 12.5. The zero-order valence-corrected chi connectivity index (χ0v) is 8.76. The summed E-state index contributed by atoms with van der Waals surface area (Å²) in [7, 11) is 0. The van der Waals surface area contributed by atoms with Gasteiger partial charge in [0.15, 0.2) is 0 Å². The van der Waals surface area contributed by atoms with E-state index in [2.05, 4.69) is 10.1 Å². The Morgan fingerprint density at radius 2 is 2.12 bits per heavy atom. The highest BCUT2D eigenvalue weighted by atomic mass is 16.5. The maximum Gasteiger partial charge on any atom is 0.227 e. The number of aliphatic hydroxyl groups is 1. The minimum atomic E-state index is 0.116. The molecule has 3 N–H and O–H groups in total. The molecule has 5 heteroatoms. The van der Waals surface area contributed by atoms with Gasteiger partial charge in [0, 0.05) is 24.3 Å². The maximum atomic E-state index is 8.69. The first-order valence-corrected chi connectivity index (χ1v) is 5.09. The Bertz CT molecular complexity index is 468. The van der Waals surface area contributed by atoms with Crippen molar-refractivity contribution in [3.63, 3.8) is 0 Å². The van der Waals surface area contributed by atoms with Crippen molar-refractivity contribution < 1.29 is 9.63 Å². The normalized spacial score (nSPS) is 10.6. The second kappa shape index (κ2) is 4.76. The molecule has 84 valence electrons. The number of hydrogen-bond donors (Lipinski definition) is 2. The summed E-state index contributed by atoms with van der Waals surface area (Å²) < 4.78 is 5.05. The number of aliphatic hydroxyl groups excluding tert-OH is 1. The van der Waals surface area contributed by atoms with E-state index in [1.807, 2.05) is 18.2 Å². The van der Waals surface area contributed by atoms with E-state index in [0.29, 0.717) is 30.2 Å². The molecule has 2 aromatic rings. The van der Waals surface area contributed by atoms with Gasteiger partial charge in [-0.15, -0.1) is 0 Å². The van der Waals surface area contributed by atoms with E-state index in [9.17, 15) is 0 Å². The second-order valence-electron chi connectivity index (χ2n) is 3.43. The van der Waals surface area contributed by atoms with E-state index in [-0.39, 0.29) is 6.61 Å². The smallest absolute Gasteiger partial charge is 0.227 e. The molecule has 0 amide bonds. The van der Waals surface area contributed by atoms with Gasteiger partial charge < -0.3 is 15.4 Å². The van der Waals surface area contributed by atoms with E-state index in [0.717, 1.165) is 5.56 Å². The minimum absolute atomic E-state index is 0.116. The predicted octanol–water partition coefficient (Wildman–Crippen LogP) is 1.24. The zero-order chi connectivity index (χ0) is 11.4. The van der Waals surface area contributed by atoms with Crippen LogP contribution in [0.1, 0.15) is 12.3 Å². The van der Waals surface area contributed by atoms with Crippen LogP contribution in [0, 0.1) is 0 Å². The zero-order valence-electron chi connectivity index (χ0n) is 8.76. The maximum absolute atomic E-state index is 8.69. The Morgan fingerprint density at radius 3 is 2.88 bits per heavy atom. The number of para-hydroxylation sites is 1. The third kappa shape index (κ3) is 2.20. The predicted molar refractivity (Wildman–Crippen MR) is 59.6 cm³/mol. The molecule has 0 fully saturated rings.